The van der Waals surface area contributed by atoms with Crippen molar-refractivity contribution in [3.63, 3.8) is 0 Å². The van der Waals surface area contributed by atoms with Gasteiger partial charge in [0.15, 0.2) is 6.61 Å². The van der Waals surface area contributed by atoms with Gasteiger partial charge in [-0.25, -0.2) is 4.79 Å². The van der Waals surface area contributed by atoms with Gasteiger partial charge in [0.1, 0.15) is 17.4 Å². The summed E-state index contributed by atoms with van der Waals surface area (Å²) in [5.41, 5.74) is 3.03. The first-order valence-corrected chi connectivity index (χ1v) is 8.09. The molecule has 0 bridgehead atoms. The van der Waals surface area contributed by atoms with Gasteiger partial charge >= 0.3 is 5.97 Å². The van der Waals surface area contributed by atoms with Gasteiger partial charge in [0.2, 0.25) is 0 Å². The summed E-state index contributed by atoms with van der Waals surface area (Å²) in [6.07, 6.45) is 2.69. The molecule has 2 rings (SSSR count). The Labute approximate surface area is 152 Å². The van der Waals surface area contributed by atoms with Crippen LogP contribution in [0.3, 0.4) is 0 Å². The molecular formula is C20H20N2O4. The van der Waals surface area contributed by atoms with Gasteiger partial charge in [0.25, 0.3) is 5.91 Å². The first kappa shape index (κ1) is 19.0. The largest absolute Gasteiger partial charge is 0.465 e. The number of benzene rings is 1. The molecule has 1 aromatic carbocycles. The molecule has 6 nitrogen and oxygen atoms in total. The number of nitrogens with zero attached hydrogens (tertiary/aromatic N) is 1. The Morgan fingerprint density at radius 1 is 1.31 bits per heavy atom. The molecule has 0 aliphatic heterocycles. The first-order valence-electron chi connectivity index (χ1n) is 8.09. The van der Waals surface area contributed by atoms with Crippen molar-refractivity contribution < 1.29 is 18.7 Å². The number of amides is 1. The summed E-state index contributed by atoms with van der Waals surface area (Å²) in [5.74, 6) is -0.969. The Morgan fingerprint density at radius 2 is 2.08 bits per heavy atom. The first-order chi connectivity index (χ1) is 12.4. The zero-order valence-corrected chi connectivity index (χ0v) is 14.9. The highest BCUT2D eigenvalue weighted by Gasteiger charge is 2.15. The van der Waals surface area contributed by atoms with Crippen LogP contribution < -0.4 is 5.32 Å². The third kappa shape index (κ3) is 5.08. The highest BCUT2D eigenvalue weighted by Crippen LogP contribution is 2.16. The molecule has 2 aromatic rings. The molecule has 1 aromatic heterocycles. The van der Waals surface area contributed by atoms with Gasteiger partial charge in [0.05, 0.1) is 12.3 Å². The maximum atomic E-state index is 12.0. The predicted molar refractivity (Wildman–Crippen MR) is 95.7 cm³/mol. The molecule has 0 radical (unpaired) electrons. The molecule has 1 N–H and O–H groups in total. The topological polar surface area (TPSA) is 92.3 Å². The Hall–Kier alpha value is -3.33. The molecular weight excluding hydrogens is 332 g/mol. The van der Waals surface area contributed by atoms with Gasteiger partial charge in [-0.3, -0.25) is 4.79 Å². The molecule has 0 aliphatic rings. The molecule has 0 aliphatic carbocycles. The van der Waals surface area contributed by atoms with E-state index in [1.54, 1.807) is 18.2 Å². The van der Waals surface area contributed by atoms with Crippen LogP contribution in [0.1, 0.15) is 35.4 Å². The predicted octanol–water partition coefficient (Wildman–Crippen LogP) is 3.22. The zero-order valence-electron chi connectivity index (χ0n) is 14.9. The second-order valence-corrected chi connectivity index (χ2v) is 5.89. The molecule has 26 heavy (non-hydrogen) atoms. The molecule has 0 fully saturated rings. The smallest absolute Gasteiger partial charge is 0.349 e. The summed E-state index contributed by atoms with van der Waals surface area (Å²) < 4.78 is 9.95. The third-order valence-corrected chi connectivity index (χ3v) is 3.91. The van der Waals surface area contributed by atoms with Crippen molar-refractivity contribution in [2.45, 2.75) is 26.8 Å². The van der Waals surface area contributed by atoms with Crippen LogP contribution in [0.2, 0.25) is 0 Å². The SMILES string of the molecule is Cc1ccc([C@@H](C)NC(=O)COC(=O)/C(C#N)=C/c2ccco2)cc1C. The van der Waals surface area contributed by atoms with Crippen LogP contribution in [0.5, 0.6) is 0 Å². The third-order valence-electron chi connectivity index (χ3n) is 3.91. The van der Waals surface area contributed by atoms with E-state index in [4.69, 9.17) is 14.4 Å². The minimum Gasteiger partial charge on any atom is -0.465 e. The van der Waals surface area contributed by atoms with Crippen molar-refractivity contribution in [2.24, 2.45) is 0 Å². The molecule has 0 saturated heterocycles. The van der Waals surface area contributed by atoms with E-state index in [9.17, 15) is 9.59 Å². The van der Waals surface area contributed by atoms with Crippen molar-refractivity contribution in [3.05, 3.63) is 64.6 Å². The number of rotatable bonds is 6. The van der Waals surface area contributed by atoms with Gasteiger partial charge in [0, 0.05) is 6.08 Å². The van der Waals surface area contributed by atoms with E-state index in [1.807, 2.05) is 39.0 Å². The fraction of sp³-hybridized carbons (Fsp3) is 0.250. The molecule has 0 saturated carbocycles. The Bertz CT molecular complexity index is 860. The monoisotopic (exact) mass is 352 g/mol. The quantitative estimate of drug-likeness (QED) is 0.489. The number of carbonyl (C=O) groups is 2. The highest BCUT2D eigenvalue weighted by atomic mass is 16.5. The van der Waals surface area contributed by atoms with Crippen LogP contribution in [-0.4, -0.2) is 18.5 Å². The number of hydrogen-bond donors (Lipinski definition) is 1. The molecule has 1 atom stereocenters. The minimum absolute atomic E-state index is 0.227. The Morgan fingerprint density at radius 3 is 2.69 bits per heavy atom. The van der Waals surface area contributed by atoms with E-state index in [-0.39, 0.29) is 11.6 Å². The van der Waals surface area contributed by atoms with Gasteiger partial charge in [-0.05, 0) is 49.6 Å². The number of nitriles is 1. The highest BCUT2D eigenvalue weighted by molar-refractivity contribution is 5.98. The van der Waals surface area contributed by atoms with Crippen molar-refractivity contribution in [3.8, 4) is 6.07 Å². The number of aryl methyl sites for hydroxylation is 2. The van der Waals surface area contributed by atoms with E-state index in [0.717, 1.165) is 11.1 Å². The number of furan rings is 1. The van der Waals surface area contributed by atoms with Crippen molar-refractivity contribution in [1.82, 2.24) is 5.32 Å². The summed E-state index contributed by atoms with van der Waals surface area (Å²) in [6, 6.07) is 10.7. The van der Waals surface area contributed by atoms with Crippen molar-refractivity contribution in [1.29, 1.82) is 5.26 Å². The van der Waals surface area contributed by atoms with Crippen molar-refractivity contribution >= 4 is 18.0 Å². The summed E-state index contributed by atoms with van der Waals surface area (Å²) in [7, 11) is 0. The second kappa shape index (κ2) is 8.67. The molecule has 0 unspecified atom stereocenters. The summed E-state index contributed by atoms with van der Waals surface area (Å²) in [5, 5.41) is 11.8. The summed E-state index contributed by atoms with van der Waals surface area (Å²) >= 11 is 0. The maximum Gasteiger partial charge on any atom is 0.349 e. The van der Waals surface area contributed by atoms with Crippen LogP contribution in [0.25, 0.3) is 6.08 Å². The van der Waals surface area contributed by atoms with E-state index < -0.39 is 18.5 Å². The van der Waals surface area contributed by atoms with Gasteiger partial charge < -0.3 is 14.5 Å². The number of hydrogen-bond acceptors (Lipinski definition) is 5. The fourth-order valence-corrected chi connectivity index (χ4v) is 2.26. The van der Waals surface area contributed by atoms with E-state index >= 15 is 0 Å². The Kier molecular flexibility index (Phi) is 6.34. The van der Waals surface area contributed by atoms with Gasteiger partial charge in [-0.2, -0.15) is 5.26 Å². The zero-order chi connectivity index (χ0) is 19.1. The van der Waals surface area contributed by atoms with Crippen molar-refractivity contribution in [2.75, 3.05) is 6.61 Å². The average molecular weight is 352 g/mol. The van der Waals surface area contributed by atoms with Gasteiger partial charge in [-0.1, -0.05) is 18.2 Å². The van der Waals surface area contributed by atoms with Crippen LogP contribution >= 0.6 is 0 Å². The van der Waals surface area contributed by atoms with E-state index in [0.29, 0.717) is 5.76 Å². The molecule has 1 amide bonds. The average Bonchev–Trinajstić information content (AvgIpc) is 3.13. The van der Waals surface area contributed by atoms with Crippen LogP contribution in [-0.2, 0) is 14.3 Å². The number of carbonyl (C=O) groups excluding carboxylic acids is 2. The number of nitrogens with one attached hydrogen (secondary N) is 1. The van der Waals surface area contributed by atoms with Gasteiger partial charge in [-0.15, -0.1) is 0 Å². The summed E-state index contributed by atoms with van der Waals surface area (Å²) in [4.78, 5) is 23.9. The standard InChI is InChI=1S/C20H20N2O4/c1-13-6-7-16(9-14(13)2)15(3)22-19(23)12-26-20(24)17(11-21)10-18-5-4-8-25-18/h4-10,15H,12H2,1-3H3,(H,22,23)/b17-10+/t15-/m1/s1. The van der Waals surface area contributed by atoms with Crippen LogP contribution in [0, 0.1) is 25.2 Å². The lowest BCUT2D eigenvalue weighted by atomic mass is 10.0. The Balaban J connectivity index is 1.90. The fourth-order valence-electron chi connectivity index (χ4n) is 2.26. The lowest BCUT2D eigenvalue weighted by Crippen LogP contribution is -2.31. The number of esters is 1. The minimum atomic E-state index is -0.877. The molecule has 1 heterocycles. The molecule has 6 heteroatoms. The lowest BCUT2D eigenvalue weighted by molar-refractivity contribution is -0.144. The lowest BCUT2D eigenvalue weighted by Gasteiger charge is -2.15. The molecule has 0 spiro atoms. The number of ether oxygens (including phenoxy) is 1. The second-order valence-electron chi connectivity index (χ2n) is 5.89. The van der Waals surface area contributed by atoms with Crippen LogP contribution in [0.15, 0.2) is 46.6 Å². The van der Waals surface area contributed by atoms with Crippen LogP contribution in [0.4, 0.5) is 0 Å². The van der Waals surface area contributed by atoms with E-state index in [1.165, 1.54) is 17.9 Å². The summed E-state index contributed by atoms with van der Waals surface area (Å²) in [6.45, 7) is 5.40. The van der Waals surface area contributed by atoms with E-state index in [2.05, 4.69) is 5.32 Å². The molecule has 134 valence electrons. The normalized spacial score (nSPS) is 12.2. The maximum absolute atomic E-state index is 12.0.